The van der Waals surface area contributed by atoms with Crippen molar-refractivity contribution >= 4 is 23.1 Å². The lowest BCUT2D eigenvalue weighted by Gasteiger charge is -2.09. The monoisotopic (exact) mass is 368 g/mol. The van der Waals surface area contributed by atoms with E-state index < -0.39 is 0 Å². The Kier molecular flexibility index (Phi) is 6.01. The first-order valence-corrected chi connectivity index (χ1v) is 9.14. The van der Waals surface area contributed by atoms with E-state index in [2.05, 4.69) is 46.0 Å². The minimum absolute atomic E-state index is 0.586. The quantitative estimate of drug-likeness (QED) is 0.496. The van der Waals surface area contributed by atoms with Gasteiger partial charge in [0.05, 0.1) is 12.2 Å². The molecule has 7 heteroatoms. The van der Waals surface area contributed by atoms with Crippen molar-refractivity contribution in [1.82, 2.24) is 24.9 Å². The van der Waals surface area contributed by atoms with Crippen LogP contribution in [-0.4, -0.2) is 31.2 Å². The first kappa shape index (κ1) is 18.1. The molecule has 0 radical (unpaired) electrons. The summed E-state index contributed by atoms with van der Waals surface area (Å²) < 4.78 is 3.92. The number of rotatable bonds is 7. The predicted octanol–water partition coefficient (Wildman–Crippen LogP) is 3.12. The fraction of sp³-hybridized carbons (Fsp3) is 0.316. The molecule has 0 bridgehead atoms. The fourth-order valence-electron chi connectivity index (χ4n) is 2.78. The molecule has 0 unspecified atom stereocenters. The van der Waals surface area contributed by atoms with Crippen LogP contribution in [0.4, 0.5) is 5.82 Å². The highest BCUT2D eigenvalue weighted by Gasteiger charge is 2.03. The van der Waals surface area contributed by atoms with Crippen LogP contribution in [0.15, 0.2) is 48.7 Å². The van der Waals surface area contributed by atoms with Crippen LogP contribution in [0.1, 0.15) is 23.4 Å². The summed E-state index contributed by atoms with van der Waals surface area (Å²) in [7, 11) is 0. The molecule has 0 saturated carbocycles. The maximum absolute atomic E-state index is 5.34. The van der Waals surface area contributed by atoms with Gasteiger partial charge in [-0.15, -0.1) is 0 Å². The molecule has 0 aliphatic carbocycles. The van der Waals surface area contributed by atoms with Crippen molar-refractivity contribution in [2.45, 2.75) is 33.4 Å². The van der Waals surface area contributed by atoms with E-state index in [0.717, 1.165) is 37.6 Å². The van der Waals surface area contributed by atoms with Crippen molar-refractivity contribution in [3.8, 4) is 0 Å². The van der Waals surface area contributed by atoms with Gasteiger partial charge in [0.2, 0.25) is 0 Å². The molecule has 1 aromatic carbocycles. The van der Waals surface area contributed by atoms with Crippen molar-refractivity contribution < 1.29 is 0 Å². The highest BCUT2D eigenvalue weighted by atomic mass is 32.1. The number of hydrogen-bond acceptors (Lipinski definition) is 3. The Bertz CT molecular complexity index is 852. The van der Waals surface area contributed by atoms with Gasteiger partial charge in [-0.2, -0.15) is 10.2 Å². The summed E-state index contributed by atoms with van der Waals surface area (Å²) >= 11 is 5.34. The van der Waals surface area contributed by atoms with Crippen LogP contribution in [0.25, 0.3) is 0 Å². The molecule has 0 saturated heterocycles. The zero-order valence-electron chi connectivity index (χ0n) is 15.1. The van der Waals surface area contributed by atoms with Crippen molar-refractivity contribution in [2.75, 3.05) is 11.9 Å². The summed E-state index contributed by atoms with van der Waals surface area (Å²) in [5, 5.41) is 15.9. The van der Waals surface area contributed by atoms with Gasteiger partial charge in [-0.1, -0.05) is 30.3 Å². The van der Waals surface area contributed by atoms with Crippen LogP contribution >= 0.6 is 12.2 Å². The molecule has 0 amide bonds. The lowest BCUT2D eigenvalue weighted by molar-refractivity contribution is 0.558. The fourth-order valence-corrected chi connectivity index (χ4v) is 2.99. The van der Waals surface area contributed by atoms with Crippen molar-refractivity contribution in [1.29, 1.82) is 0 Å². The average Bonchev–Trinajstić information content (AvgIpc) is 3.18. The van der Waals surface area contributed by atoms with Crippen LogP contribution in [0.5, 0.6) is 0 Å². The minimum Gasteiger partial charge on any atom is -0.362 e. The Morgan fingerprint density at radius 3 is 2.65 bits per heavy atom. The summed E-state index contributed by atoms with van der Waals surface area (Å²) in [5.74, 6) is 0.747. The molecule has 3 aromatic rings. The van der Waals surface area contributed by atoms with Gasteiger partial charge in [-0.3, -0.25) is 9.36 Å². The van der Waals surface area contributed by atoms with Crippen molar-refractivity contribution in [2.24, 2.45) is 0 Å². The van der Waals surface area contributed by atoms with E-state index in [1.165, 1.54) is 11.3 Å². The van der Waals surface area contributed by atoms with E-state index in [1.54, 1.807) is 0 Å². The second-order valence-electron chi connectivity index (χ2n) is 6.27. The van der Waals surface area contributed by atoms with Gasteiger partial charge in [0.15, 0.2) is 10.9 Å². The van der Waals surface area contributed by atoms with E-state index in [-0.39, 0.29) is 0 Å². The molecule has 2 N–H and O–H groups in total. The maximum atomic E-state index is 5.34. The lowest BCUT2D eigenvalue weighted by Crippen LogP contribution is -2.30. The normalized spacial score (nSPS) is 10.7. The second kappa shape index (κ2) is 8.62. The van der Waals surface area contributed by atoms with E-state index in [9.17, 15) is 0 Å². The van der Waals surface area contributed by atoms with Gasteiger partial charge in [-0.05, 0) is 44.1 Å². The SMILES string of the molecule is Cc1cc(C)n(CCCNC(=S)Nc2ccn(Cc3ccccc3)n2)n1. The molecule has 0 aliphatic rings. The number of aromatic nitrogens is 4. The Morgan fingerprint density at radius 1 is 1.12 bits per heavy atom. The average molecular weight is 369 g/mol. The van der Waals surface area contributed by atoms with Crippen LogP contribution in [0.2, 0.25) is 0 Å². The van der Waals surface area contributed by atoms with Gasteiger partial charge in [0.1, 0.15) is 0 Å². The molecule has 2 heterocycles. The molecule has 2 aromatic heterocycles. The largest absolute Gasteiger partial charge is 0.362 e. The Hall–Kier alpha value is -2.67. The molecule has 0 spiro atoms. The molecular formula is C19H24N6S. The lowest BCUT2D eigenvalue weighted by atomic mass is 10.2. The van der Waals surface area contributed by atoms with E-state index in [0.29, 0.717) is 5.11 Å². The molecule has 0 atom stereocenters. The van der Waals surface area contributed by atoms with E-state index in [4.69, 9.17) is 12.2 Å². The number of benzene rings is 1. The molecular weight excluding hydrogens is 344 g/mol. The first-order valence-electron chi connectivity index (χ1n) is 8.73. The summed E-state index contributed by atoms with van der Waals surface area (Å²) in [4.78, 5) is 0. The third-order valence-electron chi connectivity index (χ3n) is 4.01. The molecule has 0 aliphatic heterocycles. The van der Waals surface area contributed by atoms with Gasteiger partial charge in [-0.25, -0.2) is 0 Å². The Balaban J connectivity index is 1.40. The van der Waals surface area contributed by atoms with Crippen LogP contribution in [-0.2, 0) is 13.1 Å². The highest BCUT2D eigenvalue weighted by Crippen LogP contribution is 2.06. The smallest absolute Gasteiger partial charge is 0.171 e. The number of hydrogen-bond donors (Lipinski definition) is 2. The summed E-state index contributed by atoms with van der Waals surface area (Å²) in [5.41, 5.74) is 3.46. The standard InChI is InChI=1S/C19H24N6S/c1-15-13-16(2)25(22-15)11-6-10-20-19(26)21-18-9-12-24(23-18)14-17-7-4-3-5-8-17/h3-5,7-9,12-13H,6,10-11,14H2,1-2H3,(H2,20,21,23,26). The third-order valence-corrected chi connectivity index (χ3v) is 4.25. The van der Waals surface area contributed by atoms with Gasteiger partial charge in [0, 0.05) is 31.0 Å². The topological polar surface area (TPSA) is 59.7 Å². The number of nitrogens with zero attached hydrogens (tertiary/aromatic N) is 4. The van der Waals surface area contributed by atoms with Crippen LogP contribution in [0.3, 0.4) is 0 Å². The predicted molar refractivity (Wildman–Crippen MR) is 108 cm³/mol. The van der Waals surface area contributed by atoms with Crippen molar-refractivity contribution in [3.63, 3.8) is 0 Å². The number of anilines is 1. The highest BCUT2D eigenvalue weighted by molar-refractivity contribution is 7.80. The molecule has 0 fully saturated rings. The maximum Gasteiger partial charge on any atom is 0.171 e. The van der Waals surface area contributed by atoms with Gasteiger partial charge < -0.3 is 10.6 Å². The Labute approximate surface area is 159 Å². The van der Waals surface area contributed by atoms with Crippen LogP contribution < -0.4 is 10.6 Å². The van der Waals surface area contributed by atoms with Crippen molar-refractivity contribution in [3.05, 3.63) is 65.6 Å². The molecule has 3 rings (SSSR count). The van der Waals surface area contributed by atoms with E-state index in [1.807, 2.05) is 46.7 Å². The van der Waals surface area contributed by atoms with E-state index >= 15 is 0 Å². The minimum atomic E-state index is 0.586. The van der Waals surface area contributed by atoms with Gasteiger partial charge in [0.25, 0.3) is 0 Å². The van der Waals surface area contributed by atoms with Crippen LogP contribution in [0, 0.1) is 13.8 Å². The summed E-state index contributed by atoms with van der Waals surface area (Å²) in [6.45, 7) is 6.49. The molecule has 6 nitrogen and oxygen atoms in total. The van der Waals surface area contributed by atoms with Gasteiger partial charge >= 0.3 is 0 Å². The first-order chi connectivity index (χ1) is 12.6. The zero-order valence-corrected chi connectivity index (χ0v) is 16.0. The molecule has 26 heavy (non-hydrogen) atoms. The number of aryl methyl sites for hydroxylation is 3. The molecule has 136 valence electrons. The number of thiocarbonyl (C=S) groups is 1. The Morgan fingerprint density at radius 2 is 1.92 bits per heavy atom. The summed E-state index contributed by atoms with van der Waals surface area (Å²) in [6, 6.07) is 14.3. The summed E-state index contributed by atoms with van der Waals surface area (Å²) in [6.07, 6.45) is 2.90. The number of nitrogens with one attached hydrogen (secondary N) is 2. The zero-order chi connectivity index (χ0) is 18.4. The second-order valence-corrected chi connectivity index (χ2v) is 6.68. The third kappa shape index (κ3) is 5.16.